The van der Waals surface area contributed by atoms with Gasteiger partial charge in [0.2, 0.25) is 5.91 Å². The quantitative estimate of drug-likeness (QED) is 0.557. The first-order valence-electron chi connectivity index (χ1n) is 7.45. The summed E-state index contributed by atoms with van der Waals surface area (Å²) in [5.74, 6) is -0.462. The zero-order valence-corrected chi connectivity index (χ0v) is 12.6. The summed E-state index contributed by atoms with van der Waals surface area (Å²) in [7, 11) is 0. The lowest BCUT2D eigenvalue weighted by Gasteiger charge is -2.09. The number of hydrogen-bond acceptors (Lipinski definition) is 3. The van der Waals surface area contributed by atoms with E-state index in [-0.39, 0.29) is 5.56 Å². The first-order valence-corrected chi connectivity index (χ1v) is 7.45. The Hall–Kier alpha value is -3.47. The van der Waals surface area contributed by atoms with Crippen LogP contribution in [0.25, 0.3) is 32.9 Å². The van der Waals surface area contributed by atoms with Gasteiger partial charge in [-0.2, -0.15) is 0 Å². The average Bonchev–Trinajstić information content (AvgIpc) is 2.61. The normalized spacial score (nSPS) is 11.0. The van der Waals surface area contributed by atoms with Gasteiger partial charge < -0.3 is 10.7 Å². The molecule has 4 aromatic rings. The maximum atomic E-state index is 12.2. The molecule has 5 nitrogen and oxygen atoms in total. The molecule has 0 fully saturated rings. The van der Waals surface area contributed by atoms with E-state index in [2.05, 4.69) is 9.97 Å². The van der Waals surface area contributed by atoms with Gasteiger partial charge in [-0.3, -0.25) is 9.59 Å². The molecule has 0 spiro atoms. The van der Waals surface area contributed by atoms with E-state index in [0.29, 0.717) is 16.6 Å². The van der Waals surface area contributed by atoms with Gasteiger partial charge in [0.25, 0.3) is 5.56 Å². The molecule has 2 aromatic heterocycles. The lowest BCUT2D eigenvalue weighted by atomic mass is 9.98. The summed E-state index contributed by atoms with van der Waals surface area (Å²) in [6.45, 7) is 0. The Morgan fingerprint density at radius 1 is 0.958 bits per heavy atom. The molecule has 4 rings (SSSR count). The summed E-state index contributed by atoms with van der Waals surface area (Å²) in [6, 6.07) is 16.4. The predicted molar refractivity (Wildman–Crippen MR) is 93.8 cm³/mol. The number of carbonyl (C=O) groups is 1. The number of fused-ring (bicyclic) bond motifs is 3. The number of primary amides is 1. The highest BCUT2D eigenvalue weighted by Gasteiger charge is 2.11. The summed E-state index contributed by atoms with van der Waals surface area (Å²) in [6.07, 6.45) is 1.66. The molecule has 1 amide bonds. The molecule has 0 aliphatic carbocycles. The number of H-pyrrole nitrogens is 1. The van der Waals surface area contributed by atoms with Crippen LogP contribution in [0.3, 0.4) is 0 Å². The smallest absolute Gasteiger partial charge is 0.257 e. The SMILES string of the molecule is NC(=O)c1ccc(-c2ccnc3[nH]c(=O)c4ccccc4c23)cc1. The number of nitrogens with zero attached hydrogens (tertiary/aromatic N) is 1. The third-order valence-corrected chi connectivity index (χ3v) is 4.10. The van der Waals surface area contributed by atoms with Crippen LogP contribution in [0.1, 0.15) is 10.4 Å². The van der Waals surface area contributed by atoms with Crippen molar-refractivity contribution in [1.82, 2.24) is 9.97 Å². The fourth-order valence-electron chi connectivity index (χ4n) is 2.96. The van der Waals surface area contributed by atoms with Gasteiger partial charge >= 0.3 is 0 Å². The Morgan fingerprint density at radius 2 is 1.67 bits per heavy atom. The first-order chi connectivity index (χ1) is 11.6. The van der Waals surface area contributed by atoms with Gasteiger partial charge in [-0.25, -0.2) is 4.98 Å². The van der Waals surface area contributed by atoms with Gasteiger partial charge in [-0.1, -0.05) is 30.3 Å². The van der Waals surface area contributed by atoms with E-state index in [1.54, 1.807) is 24.4 Å². The minimum Gasteiger partial charge on any atom is -0.366 e. The average molecular weight is 315 g/mol. The minimum atomic E-state index is -0.462. The summed E-state index contributed by atoms with van der Waals surface area (Å²) in [5, 5.41) is 2.34. The summed E-state index contributed by atoms with van der Waals surface area (Å²) < 4.78 is 0. The number of carbonyl (C=O) groups excluding carboxylic acids is 1. The molecule has 0 bridgehead atoms. The fraction of sp³-hybridized carbons (Fsp3) is 0. The minimum absolute atomic E-state index is 0.160. The van der Waals surface area contributed by atoms with E-state index in [1.165, 1.54) is 0 Å². The fourth-order valence-corrected chi connectivity index (χ4v) is 2.96. The van der Waals surface area contributed by atoms with Gasteiger partial charge in [0, 0.05) is 22.5 Å². The molecule has 24 heavy (non-hydrogen) atoms. The number of aromatic nitrogens is 2. The van der Waals surface area contributed by atoms with Crippen LogP contribution in [0.5, 0.6) is 0 Å². The Bertz CT molecular complexity index is 1140. The Kier molecular flexibility index (Phi) is 3.13. The van der Waals surface area contributed by atoms with E-state index < -0.39 is 5.91 Å². The summed E-state index contributed by atoms with van der Waals surface area (Å²) in [4.78, 5) is 30.6. The molecule has 5 heteroatoms. The van der Waals surface area contributed by atoms with Gasteiger partial charge in [0.15, 0.2) is 0 Å². The standard InChI is InChI=1S/C19H13N3O2/c20-17(23)12-7-5-11(6-8-12)13-9-10-21-18-16(13)14-3-1-2-4-15(14)19(24)22-18/h1-10H,(H2,20,23)(H,21,22,24). The zero-order chi connectivity index (χ0) is 16.7. The third kappa shape index (κ3) is 2.14. The van der Waals surface area contributed by atoms with Crippen LogP contribution in [-0.2, 0) is 0 Å². The number of pyridine rings is 2. The summed E-state index contributed by atoms with van der Waals surface area (Å²) >= 11 is 0. The molecule has 0 atom stereocenters. The van der Waals surface area contributed by atoms with Crippen LogP contribution in [-0.4, -0.2) is 15.9 Å². The molecule has 0 aliphatic rings. The molecule has 0 saturated heterocycles. The maximum Gasteiger partial charge on any atom is 0.257 e. The van der Waals surface area contributed by atoms with Crippen molar-refractivity contribution in [3.8, 4) is 11.1 Å². The topological polar surface area (TPSA) is 88.8 Å². The second kappa shape index (κ2) is 5.31. The lowest BCUT2D eigenvalue weighted by Crippen LogP contribution is -2.10. The van der Waals surface area contributed by atoms with Crippen molar-refractivity contribution in [2.24, 2.45) is 5.73 Å². The van der Waals surface area contributed by atoms with Crippen molar-refractivity contribution in [2.75, 3.05) is 0 Å². The largest absolute Gasteiger partial charge is 0.366 e. The van der Waals surface area contributed by atoms with Crippen molar-refractivity contribution in [1.29, 1.82) is 0 Å². The van der Waals surface area contributed by atoms with Crippen LogP contribution in [0, 0.1) is 0 Å². The van der Waals surface area contributed by atoms with Crippen molar-refractivity contribution in [3.05, 3.63) is 76.7 Å². The van der Waals surface area contributed by atoms with Crippen LogP contribution >= 0.6 is 0 Å². The van der Waals surface area contributed by atoms with E-state index in [9.17, 15) is 9.59 Å². The molecule has 3 N–H and O–H groups in total. The Morgan fingerprint density at radius 3 is 2.38 bits per heavy atom. The molecular weight excluding hydrogens is 302 g/mol. The lowest BCUT2D eigenvalue weighted by molar-refractivity contribution is 0.100. The Labute approximate surface area is 136 Å². The van der Waals surface area contributed by atoms with Gasteiger partial charge in [0.05, 0.1) is 0 Å². The van der Waals surface area contributed by atoms with E-state index in [1.807, 2.05) is 36.4 Å². The third-order valence-electron chi connectivity index (χ3n) is 4.10. The number of rotatable bonds is 2. The highest BCUT2D eigenvalue weighted by molar-refractivity contribution is 6.11. The van der Waals surface area contributed by atoms with E-state index >= 15 is 0 Å². The van der Waals surface area contributed by atoms with Gasteiger partial charge in [-0.05, 0) is 40.8 Å². The van der Waals surface area contributed by atoms with Crippen LogP contribution in [0.2, 0.25) is 0 Å². The van der Waals surface area contributed by atoms with Crippen LogP contribution in [0.4, 0.5) is 0 Å². The second-order valence-electron chi connectivity index (χ2n) is 5.52. The number of benzene rings is 2. The summed E-state index contributed by atoms with van der Waals surface area (Å²) in [5.41, 5.74) is 7.98. The van der Waals surface area contributed by atoms with Crippen molar-refractivity contribution >= 4 is 27.7 Å². The van der Waals surface area contributed by atoms with E-state index in [0.717, 1.165) is 21.9 Å². The van der Waals surface area contributed by atoms with Crippen molar-refractivity contribution in [3.63, 3.8) is 0 Å². The molecule has 0 radical (unpaired) electrons. The molecule has 0 unspecified atom stereocenters. The number of hydrogen-bond donors (Lipinski definition) is 2. The second-order valence-corrected chi connectivity index (χ2v) is 5.52. The zero-order valence-electron chi connectivity index (χ0n) is 12.6. The number of nitrogens with one attached hydrogen (secondary N) is 1. The number of amides is 1. The van der Waals surface area contributed by atoms with Crippen molar-refractivity contribution < 1.29 is 4.79 Å². The first kappa shape index (κ1) is 14.1. The van der Waals surface area contributed by atoms with E-state index in [4.69, 9.17) is 5.73 Å². The molecule has 116 valence electrons. The molecule has 0 aliphatic heterocycles. The van der Waals surface area contributed by atoms with Crippen molar-refractivity contribution in [2.45, 2.75) is 0 Å². The predicted octanol–water partition coefficient (Wildman–Crippen LogP) is 2.84. The highest BCUT2D eigenvalue weighted by atomic mass is 16.1. The Balaban J connectivity index is 2.07. The molecule has 2 aromatic carbocycles. The molecule has 0 saturated carbocycles. The van der Waals surface area contributed by atoms with Crippen LogP contribution in [0.15, 0.2) is 65.6 Å². The van der Waals surface area contributed by atoms with Gasteiger partial charge in [-0.15, -0.1) is 0 Å². The monoisotopic (exact) mass is 315 g/mol. The number of nitrogens with two attached hydrogens (primary N) is 1. The number of aromatic amines is 1. The maximum absolute atomic E-state index is 12.2. The highest BCUT2D eigenvalue weighted by Crippen LogP contribution is 2.31. The molecular formula is C19H13N3O2. The molecule has 2 heterocycles. The van der Waals surface area contributed by atoms with Crippen LogP contribution < -0.4 is 11.3 Å². The van der Waals surface area contributed by atoms with Gasteiger partial charge in [0.1, 0.15) is 5.65 Å².